The number of benzene rings is 3. The van der Waals surface area contributed by atoms with E-state index in [1.54, 1.807) is 0 Å². The lowest BCUT2D eigenvalue weighted by Crippen LogP contribution is -2.35. The summed E-state index contributed by atoms with van der Waals surface area (Å²) in [6.45, 7) is 0. The SMILES string of the molecule is Bc1cccc(Bc2nc3ccccc3n2-c2ccccc2)c1. The Morgan fingerprint density at radius 1 is 0.826 bits per heavy atom. The molecule has 0 aliphatic carbocycles. The molecule has 1 aromatic heterocycles. The molecule has 0 radical (unpaired) electrons. The Morgan fingerprint density at radius 3 is 2.43 bits per heavy atom. The third-order valence-electron chi connectivity index (χ3n) is 4.09. The van der Waals surface area contributed by atoms with E-state index in [1.807, 2.05) is 12.1 Å². The highest BCUT2D eigenvalue weighted by Gasteiger charge is 2.13. The van der Waals surface area contributed by atoms with Crippen LogP contribution in [0.15, 0.2) is 78.9 Å². The molecule has 1 heterocycles. The summed E-state index contributed by atoms with van der Waals surface area (Å²) in [5.74, 6) is 0. The minimum atomic E-state index is 0.825. The smallest absolute Gasteiger partial charge is 0.238 e. The Hall–Kier alpha value is -2.74. The molecule has 0 unspecified atom stereocenters. The van der Waals surface area contributed by atoms with Crippen molar-refractivity contribution < 1.29 is 0 Å². The van der Waals surface area contributed by atoms with Crippen LogP contribution < -0.4 is 16.6 Å². The number of aromatic nitrogens is 2. The normalized spacial score (nSPS) is 10.8. The maximum Gasteiger partial charge on any atom is 0.238 e. The molecule has 4 heteroatoms. The van der Waals surface area contributed by atoms with E-state index in [-0.39, 0.29) is 0 Å². The zero-order valence-corrected chi connectivity index (χ0v) is 13.1. The molecule has 0 atom stereocenters. The molecule has 3 aromatic carbocycles. The van der Waals surface area contributed by atoms with Crippen LogP contribution in [-0.4, -0.2) is 24.7 Å². The fraction of sp³-hybridized carbons (Fsp3) is 0. The molecule has 0 amide bonds. The van der Waals surface area contributed by atoms with Crippen molar-refractivity contribution in [3.8, 4) is 5.69 Å². The first-order valence-corrected chi connectivity index (χ1v) is 7.88. The number of para-hydroxylation sites is 3. The fourth-order valence-electron chi connectivity index (χ4n) is 3.06. The summed E-state index contributed by atoms with van der Waals surface area (Å²) in [6, 6.07) is 27.4. The van der Waals surface area contributed by atoms with Gasteiger partial charge >= 0.3 is 0 Å². The molecule has 2 nitrogen and oxygen atoms in total. The quantitative estimate of drug-likeness (QED) is 0.508. The predicted molar refractivity (Wildman–Crippen MR) is 102 cm³/mol. The summed E-state index contributed by atoms with van der Waals surface area (Å²) >= 11 is 0. The van der Waals surface area contributed by atoms with Crippen LogP contribution in [-0.2, 0) is 0 Å². The van der Waals surface area contributed by atoms with E-state index in [0.29, 0.717) is 0 Å². The highest BCUT2D eigenvalue weighted by atomic mass is 15.1. The van der Waals surface area contributed by atoms with Gasteiger partial charge < -0.3 is 4.57 Å². The van der Waals surface area contributed by atoms with Gasteiger partial charge in [0.15, 0.2) is 0 Å². The van der Waals surface area contributed by atoms with E-state index in [1.165, 1.54) is 10.9 Å². The summed E-state index contributed by atoms with van der Waals surface area (Å²) in [5, 5.41) is 0. The van der Waals surface area contributed by atoms with E-state index in [9.17, 15) is 0 Å². The molecule has 4 aromatic rings. The van der Waals surface area contributed by atoms with Gasteiger partial charge in [-0.1, -0.05) is 65.5 Å². The maximum atomic E-state index is 4.88. The summed E-state index contributed by atoms with van der Waals surface area (Å²) < 4.78 is 2.26. The lowest BCUT2D eigenvalue weighted by molar-refractivity contribution is 1.14. The number of fused-ring (bicyclic) bond motifs is 1. The van der Waals surface area contributed by atoms with Gasteiger partial charge in [-0.05, 0) is 24.3 Å². The minimum absolute atomic E-state index is 0.825. The van der Waals surface area contributed by atoms with Crippen LogP contribution in [0.5, 0.6) is 0 Å². The summed E-state index contributed by atoms with van der Waals surface area (Å²) in [5.41, 5.74) is 6.99. The highest BCUT2D eigenvalue weighted by Crippen LogP contribution is 2.16. The zero-order valence-electron chi connectivity index (χ0n) is 13.1. The number of imidazole rings is 1. The third-order valence-corrected chi connectivity index (χ3v) is 4.09. The number of rotatable bonds is 3. The lowest BCUT2D eigenvalue weighted by Gasteiger charge is -2.09. The van der Waals surface area contributed by atoms with Gasteiger partial charge in [0.05, 0.1) is 16.8 Å². The van der Waals surface area contributed by atoms with Gasteiger partial charge in [0.25, 0.3) is 0 Å². The van der Waals surface area contributed by atoms with E-state index >= 15 is 0 Å². The molecule has 23 heavy (non-hydrogen) atoms. The van der Waals surface area contributed by atoms with Crippen LogP contribution in [0.2, 0.25) is 0 Å². The Morgan fingerprint density at radius 2 is 1.61 bits per heavy atom. The van der Waals surface area contributed by atoms with Crippen LogP contribution in [0.4, 0.5) is 0 Å². The van der Waals surface area contributed by atoms with Crippen molar-refractivity contribution in [3.05, 3.63) is 78.9 Å². The van der Waals surface area contributed by atoms with Crippen molar-refractivity contribution in [3.63, 3.8) is 0 Å². The van der Waals surface area contributed by atoms with Gasteiger partial charge in [-0.3, -0.25) is 0 Å². The molecule has 0 saturated heterocycles. The van der Waals surface area contributed by atoms with Crippen molar-refractivity contribution in [1.29, 1.82) is 0 Å². The predicted octanol–water partition coefficient (Wildman–Crippen LogP) is 0.671. The highest BCUT2D eigenvalue weighted by molar-refractivity contribution is 6.66. The first-order chi connectivity index (χ1) is 11.3. The lowest BCUT2D eigenvalue weighted by atomic mass is 9.68. The average Bonchev–Trinajstić information content (AvgIpc) is 2.93. The van der Waals surface area contributed by atoms with Crippen LogP contribution in [0.3, 0.4) is 0 Å². The standard InChI is InChI=1S/C19H16B2N2/c20-14-7-6-8-15(13-14)21-19-22-17-11-4-5-12-18(17)23(19)16-9-2-1-3-10-16/h1-13,21H,20H2. The van der Waals surface area contributed by atoms with Crippen molar-refractivity contribution in [1.82, 2.24) is 9.55 Å². The zero-order chi connectivity index (χ0) is 15.6. The topological polar surface area (TPSA) is 17.8 Å². The van der Waals surface area contributed by atoms with Crippen LogP contribution in [0.1, 0.15) is 0 Å². The average molecular weight is 294 g/mol. The largest absolute Gasteiger partial charge is 0.304 e. The van der Waals surface area contributed by atoms with E-state index in [4.69, 9.17) is 4.98 Å². The van der Waals surface area contributed by atoms with Gasteiger partial charge in [-0.15, -0.1) is 0 Å². The first-order valence-electron chi connectivity index (χ1n) is 7.88. The van der Waals surface area contributed by atoms with Gasteiger partial charge in [0, 0.05) is 5.69 Å². The van der Waals surface area contributed by atoms with Gasteiger partial charge in [-0.25, -0.2) is 4.98 Å². The van der Waals surface area contributed by atoms with E-state index in [2.05, 4.69) is 79.1 Å². The summed E-state index contributed by atoms with van der Waals surface area (Å²) in [7, 11) is 2.95. The molecule has 0 saturated carbocycles. The Labute approximate surface area is 137 Å². The second-order valence-electron chi connectivity index (χ2n) is 5.85. The molecule has 0 aliphatic heterocycles. The van der Waals surface area contributed by atoms with E-state index < -0.39 is 0 Å². The second kappa shape index (κ2) is 5.81. The van der Waals surface area contributed by atoms with Crippen molar-refractivity contribution in [2.45, 2.75) is 0 Å². The van der Waals surface area contributed by atoms with E-state index in [0.717, 1.165) is 29.7 Å². The second-order valence-corrected chi connectivity index (χ2v) is 5.85. The van der Waals surface area contributed by atoms with Crippen LogP contribution in [0, 0.1) is 0 Å². The molecule has 108 valence electrons. The molecule has 4 rings (SSSR count). The Kier molecular flexibility index (Phi) is 3.51. The van der Waals surface area contributed by atoms with Gasteiger partial charge in [0.2, 0.25) is 7.28 Å². The van der Waals surface area contributed by atoms with Crippen molar-refractivity contribution >= 4 is 42.8 Å². The maximum absolute atomic E-state index is 4.88. The minimum Gasteiger partial charge on any atom is -0.304 e. The number of nitrogens with zero attached hydrogens (tertiary/aromatic N) is 2. The third kappa shape index (κ3) is 2.68. The molecular formula is C19H16B2N2. The number of hydrogen-bond acceptors (Lipinski definition) is 1. The molecule has 0 spiro atoms. The van der Waals surface area contributed by atoms with Crippen LogP contribution in [0.25, 0.3) is 16.7 Å². The molecule has 0 aliphatic rings. The molecule has 0 bridgehead atoms. The number of hydrogen-bond donors (Lipinski definition) is 0. The van der Waals surface area contributed by atoms with Crippen LogP contribution >= 0.6 is 0 Å². The molecule has 0 fully saturated rings. The molecular weight excluding hydrogens is 278 g/mol. The Balaban J connectivity index is 1.89. The van der Waals surface area contributed by atoms with Gasteiger partial charge in [0.1, 0.15) is 7.85 Å². The van der Waals surface area contributed by atoms with Crippen molar-refractivity contribution in [2.24, 2.45) is 0 Å². The van der Waals surface area contributed by atoms with Crippen molar-refractivity contribution in [2.75, 3.05) is 0 Å². The fourth-order valence-corrected chi connectivity index (χ4v) is 3.06. The first kappa shape index (κ1) is 13.9. The summed E-state index contributed by atoms with van der Waals surface area (Å²) in [4.78, 5) is 4.88. The Bertz CT molecular complexity index is 961. The summed E-state index contributed by atoms with van der Waals surface area (Å²) in [6.07, 6.45) is 0. The van der Waals surface area contributed by atoms with Gasteiger partial charge in [-0.2, -0.15) is 0 Å². The monoisotopic (exact) mass is 294 g/mol. The molecule has 0 N–H and O–H groups in total.